The molecule has 1 unspecified atom stereocenters. The van der Waals surface area contributed by atoms with E-state index in [2.05, 4.69) is 25.5 Å². The first-order valence-corrected chi connectivity index (χ1v) is 9.38. The van der Waals surface area contributed by atoms with Gasteiger partial charge in [0.05, 0.1) is 23.8 Å². The number of thioether (sulfide) groups is 1. The van der Waals surface area contributed by atoms with Crippen LogP contribution in [0.25, 0.3) is 0 Å². The Morgan fingerprint density at radius 2 is 2.08 bits per heavy atom. The Hall–Kier alpha value is -2.40. The molecule has 26 heavy (non-hydrogen) atoms. The zero-order valence-corrected chi connectivity index (χ0v) is 16.2. The Bertz CT molecular complexity index is 817. The second-order valence-corrected chi connectivity index (χ2v) is 7.57. The van der Waals surface area contributed by atoms with Crippen molar-refractivity contribution >= 4 is 51.8 Å². The summed E-state index contributed by atoms with van der Waals surface area (Å²) >= 11 is 2.20. The maximum atomic E-state index is 12.0. The molecule has 0 aliphatic rings. The number of rotatable bonds is 7. The van der Waals surface area contributed by atoms with E-state index in [1.807, 2.05) is 0 Å². The van der Waals surface area contributed by atoms with Gasteiger partial charge in [-0.05, 0) is 20.8 Å². The maximum absolute atomic E-state index is 12.0. The average molecular weight is 398 g/mol. The zero-order chi connectivity index (χ0) is 19.3. The van der Waals surface area contributed by atoms with Gasteiger partial charge in [-0.3, -0.25) is 9.59 Å². The van der Waals surface area contributed by atoms with Gasteiger partial charge in [-0.1, -0.05) is 16.5 Å². The molecule has 0 saturated heterocycles. The van der Waals surface area contributed by atoms with Crippen molar-refractivity contribution in [1.29, 1.82) is 0 Å². The number of hydrogen-bond acceptors (Lipinski definition) is 9. The first-order chi connectivity index (χ1) is 12.3. The lowest BCUT2D eigenvalue weighted by Crippen LogP contribution is -2.25. The smallest absolute Gasteiger partial charge is 0.350 e. The number of anilines is 2. The minimum Gasteiger partial charge on any atom is -0.465 e. The van der Waals surface area contributed by atoms with Crippen LogP contribution in [0.1, 0.15) is 28.0 Å². The standard InChI is InChI=1S/C15H18N4O5S2/c1-7-5-10(19-24-7)17-13(21)9(3)25-6-11(20)18-15-16-8(2)12(26-15)14(22)23-4/h5,9H,6H2,1-4H3,(H,16,18,20)(H,17,19,21). The van der Waals surface area contributed by atoms with Gasteiger partial charge >= 0.3 is 5.97 Å². The molecule has 9 nitrogen and oxygen atoms in total. The molecule has 0 aromatic carbocycles. The minimum absolute atomic E-state index is 0.0542. The van der Waals surface area contributed by atoms with Gasteiger partial charge in [0.1, 0.15) is 10.6 Å². The fourth-order valence-electron chi connectivity index (χ4n) is 1.82. The van der Waals surface area contributed by atoms with E-state index in [9.17, 15) is 14.4 Å². The topological polar surface area (TPSA) is 123 Å². The number of hydrogen-bond donors (Lipinski definition) is 2. The molecule has 2 heterocycles. The van der Waals surface area contributed by atoms with Crippen LogP contribution in [0.5, 0.6) is 0 Å². The van der Waals surface area contributed by atoms with E-state index in [4.69, 9.17) is 4.52 Å². The van der Waals surface area contributed by atoms with Gasteiger partial charge in [0, 0.05) is 6.07 Å². The van der Waals surface area contributed by atoms with E-state index in [1.165, 1.54) is 7.11 Å². The van der Waals surface area contributed by atoms with Crippen molar-refractivity contribution in [3.8, 4) is 0 Å². The normalized spacial score (nSPS) is 11.7. The molecule has 0 saturated carbocycles. The number of methoxy groups -OCH3 is 1. The highest BCUT2D eigenvalue weighted by atomic mass is 32.2. The number of carbonyl (C=O) groups is 3. The largest absolute Gasteiger partial charge is 0.465 e. The summed E-state index contributed by atoms with van der Waals surface area (Å²) in [6, 6.07) is 1.60. The van der Waals surface area contributed by atoms with Gasteiger partial charge in [0.15, 0.2) is 10.9 Å². The highest BCUT2D eigenvalue weighted by Crippen LogP contribution is 2.23. The van der Waals surface area contributed by atoms with Crippen molar-refractivity contribution in [2.45, 2.75) is 26.0 Å². The molecular formula is C15H18N4O5S2. The molecule has 0 spiro atoms. The molecule has 2 rings (SSSR count). The fraction of sp³-hybridized carbons (Fsp3) is 0.400. The van der Waals surface area contributed by atoms with Gasteiger partial charge < -0.3 is 19.9 Å². The molecule has 0 radical (unpaired) electrons. The van der Waals surface area contributed by atoms with Gasteiger partial charge in [0.25, 0.3) is 0 Å². The predicted octanol–water partition coefficient (Wildman–Crippen LogP) is 2.23. The number of aryl methyl sites for hydroxylation is 2. The SMILES string of the molecule is COC(=O)c1sc(NC(=O)CSC(C)C(=O)Nc2cc(C)on2)nc1C. The summed E-state index contributed by atoms with van der Waals surface area (Å²) in [6.45, 7) is 5.06. The molecule has 0 fully saturated rings. The number of aromatic nitrogens is 2. The van der Waals surface area contributed by atoms with Crippen molar-refractivity contribution in [3.63, 3.8) is 0 Å². The van der Waals surface area contributed by atoms with Gasteiger partial charge in [-0.15, -0.1) is 11.8 Å². The molecule has 140 valence electrons. The first-order valence-electron chi connectivity index (χ1n) is 7.51. The summed E-state index contributed by atoms with van der Waals surface area (Å²) < 4.78 is 9.52. The first kappa shape index (κ1) is 19.9. The molecule has 11 heteroatoms. The number of ether oxygens (including phenoxy) is 1. The monoisotopic (exact) mass is 398 g/mol. The Morgan fingerprint density at radius 1 is 1.35 bits per heavy atom. The summed E-state index contributed by atoms with van der Waals surface area (Å²) in [5, 5.41) is 8.74. The zero-order valence-electron chi connectivity index (χ0n) is 14.6. The highest BCUT2D eigenvalue weighted by molar-refractivity contribution is 8.01. The summed E-state index contributed by atoms with van der Waals surface area (Å²) in [5.74, 6) is -0.129. The van der Waals surface area contributed by atoms with Crippen LogP contribution in [0.15, 0.2) is 10.6 Å². The van der Waals surface area contributed by atoms with Crippen LogP contribution < -0.4 is 10.6 Å². The van der Waals surface area contributed by atoms with E-state index in [-0.39, 0.29) is 17.6 Å². The molecule has 0 aliphatic carbocycles. The predicted molar refractivity (Wildman–Crippen MR) is 98.6 cm³/mol. The van der Waals surface area contributed by atoms with Gasteiger partial charge in [-0.25, -0.2) is 9.78 Å². The third kappa shape index (κ3) is 5.30. The van der Waals surface area contributed by atoms with Gasteiger partial charge in [-0.2, -0.15) is 0 Å². The van der Waals surface area contributed by atoms with Crippen LogP contribution in [0.3, 0.4) is 0 Å². The minimum atomic E-state index is -0.497. The lowest BCUT2D eigenvalue weighted by Gasteiger charge is -2.09. The quantitative estimate of drug-likeness (QED) is 0.681. The van der Waals surface area contributed by atoms with E-state index in [0.717, 1.165) is 23.1 Å². The van der Waals surface area contributed by atoms with Crippen molar-refractivity contribution < 1.29 is 23.6 Å². The summed E-state index contributed by atoms with van der Waals surface area (Å²) in [5.41, 5.74) is 0.487. The van der Waals surface area contributed by atoms with E-state index in [0.29, 0.717) is 27.3 Å². The number of esters is 1. The molecule has 2 amide bonds. The summed E-state index contributed by atoms with van der Waals surface area (Å²) in [4.78, 5) is 40.1. The second kappa shape index (κ2) is 8.81. The van der Waals surface area contributed by atoms with Crippen molar-refractivity contribution in [2.75, 3.05) is 23.5 Å². The van der Waals surface area contributed by atoms with Crippen LogP contribution in [0, 0.1) is 13.8 Å². The average Bonchev–Trinajstić information content (AvgIpc) is 3.17. The highest BCUT2D eigenvalue weighted by Gasteiger charge is 2.19. The number of amides is 2. The van der Waals surface area contributed by atoms with Crippen molar-refractivity contribution in [3.05, 3.63) is 22.4 Å². The van der Waals surface area contributed by atoms with Crippen molar-refractivity contribution in [1.82, 2.24) is 10.1 Å². The third-order valence-corrected chi connectivity index (χ3v) is 5.32. The Balaban J connectivity index is 1.82. The molecule has 2 N–H and O–H groups in total. The number of nitrogens with zero attached hydrogens (tertiary/aromatic N) is 2. The molecule has 0 aliphatic heterocycles. The van der Waals surface area contributed by atoms with E-state index >= 15 is 0 Å². The van der Waals surface area contributed by atoms with Crippen LogP contribution in [-0.2, 0) is 14.3 Å². The molecule has 1 atom stereocenters. The van der Waals surface area contributed by atoms with Crippen LogP contribution in [-0.4, -0.2) is 46.0 Å². The number of thiazole rings is 1. The Kier molecular flexibility index (Phi) is 6.75. The van der Waals surface area contributed by atoms with Crippen LogP contribution in [0.4, 0.5) is 10.9 Å². The fourth-order valence-corrected chi connectivity index (χ4v) is 3.40. The van der Waals surface area contributed by atoms with Gasteiger partial charge in [0.2, 0.25) is 11.8 Å². The molecule has 2 aromatic rings. The van der Waals surface area contributed by atoms with Crippen molar-refractivity contribution in [2.24, 2.45) is 0 Å². The van der Waals surface area contributed by atoms with Crippen LogP contribution in [0.2, 0.25) is 0 Å². The third-order valence-electron chi connectivity index (χ3n) is 3.13. The Labute approximate surface area is 157 Å². The number of carbonyl (C=O) groups excluding carboxylic acids is 3. The number of nitrogens with one attached hydrogen (secondary N) is 2. The molecule has 2 aromatic heterocycles. The molecular weight excluding hydrogens is 380 g/mol. The van der Waals surface area contributed by atoms with E-state index in [1.54, 1.807) is 26.8 Å². The maximum Gasteiger partial charge on any atom is 0.350 e. The Morgan fingerprint density at radius 3 is 2.69 bits per heavy atom. The summed E-state index contributed by atoms with van der Waals surface area (Å²) in [6.07, 6.45) is 0. The molecule has 0 bridgehead atoms. The lowest BCUT2D eigenvalue weighted by molar-refractivity contribution is -0.115. The van der Waals surface area contributed by atoms with Crippen LogP contribution >= 0.6 is 23.1 Å². The summed E-state index contributed by atoms with van der Waals surface area (Å²) in [7, 11) is 1.28. The van der Waals surface area contributed by atoms with E-state index < -0.39 is 11.2 Å². The lowest BCUT2D eigenvalue weighted by atomic mass is 10.4. The second-order valence-electron chi connectivity index (χ2n) is 5.24.